The van der Waals surface area contributed by atoms with E-state index in [4.69, 9.17) is 0 Å². The van der Waals surface area contributed by atoms with Crippen LogP contribution in [0.1, 0.15) is 159 Å². The molecule has 0 aromatic carbocycles. The number of aliphatic hydroxyl groups is 2. The Labute approximate surface area is 263 Å². The fourth-order valence-corrected chi connectivity index (χ4v) is 9.01. The summed E-state index contributed by atoms with van der Waals surface area (Å²) in [5.41, 5.74) is 0.476. The number of aliphatic hydroxyl groups excluding tert-OH is 2. The van der Waals surface area contributed by atoms with Crippen molar-refractivity contribution < 1.29 is 10.2 Å². The minimum atomic E-state index is -0.124. The Bertz CT molecular complexity index is 793. The average molecular weight is 587 g/mol. The normalized spacial score (nSPS) is 32.7. The van der Waals surface area contributed by atoms with Gasteiger partial charge in [0, 0.05) is 0 Å². The fraction of sp³-hybridized carbons (Fsp3) is 0.900. The lowest BCUT2D eigenvalue weighted by molar-refractivity contribution is -0.0174. The van der Waals surface area contributed by atoms with Crippen LogP contribution in [0.25, 0.3) is 0 Å². The lowest BCUT2D eigenvalue weighted by atomic mass is 9.61. The van der Waals surface area contributed by atoms with Crippen LogP contribution in [0.2, 0.25) is 0 Å². The third-order valence-electron chi connectivity index (χ3n) is 11.6. The van der Waals surface area contributed by atoms with Crippen molar-refractivity contribution in [2.45, 2.75) is 171 Å². The van der Waals surface area contributed by atoms with Crippen LogP contribution in [0.4, 0.5) is 0 Å². The minimum Gasteiger partial charge on any atom is -0.393 e. The highest BCUT2D eigenvalue weighted by atomic mass is 16.3. The lowest BCUT2D eigenvalue weighted by Crippen LogP contribution is -2.40. The Balaban J connectivity index is 1.55. The Morgan fingerprint density at radius 3 is 1.71 bits per heavy atom. The van der Waals surface area contributed by atoms with Crippen LogP contribution in [0.15, 0.2) is 24.3 Å². The molecule has 0 aromatic rings. The van der Waals surface area contributed by atoms with Crippen LogP contribution in [0.3, 0.4) is 0 Å². The van der Waals surface area contributed by atoms with Crippen molar-refractivity contribution >= 4 is 0 Å². The first-order chi connectivity index (χ1) is 19.6. The molecule has 2 aliphatic rings. The van der Waals surface area contributed by atoms with Gasteiger partial charge in [-0.1, -0.05) is 132 Å². The van der Waals surface area contributed by atoms with Gasteiger partial charge in [0.1, 0.15) is 0 Å². The van der Waals surface area contributed by atoms with Crippen molar-refractivity contribution in [2.75, 3.05) is 0 Å². The van der Waals surface area contributed by atoms with Crippen molar-refractivity contribution in [3.05, 3.63) is 24.3 Å². The van der Waals surface area contributed by atoms with Crippen molar-refractivity contribution in [3.8, 4) is 0 Å². The van der Waals surface area contributed by atoms with E-state index >= 15 is 0 Å². The first kappa shape index (κ1) is 37.6. The maximum atomic E-state index is 10.2. The van der Waals surface area contributed by atoms with Gasteiger partial charge < -0.3 is 10.2 Å². The van der Waals surface area contributed by atoms with Crippen molar-refractivity contribution in [2.24, 2.45) is 58.2 Å². The molecular weight excluding hydrogens is 512 g/mol. The third-order valence-corrected chi connectivity index (χ3v) is 11.6. The molecule has 0 heterocycles. The van der Waals surface area contributed by atoms with Gasteiger partial charge in [-0.05, 0) is 110 Å². The zero-order valence-corrected chi connectivity index (χ0v) is 29.9. The molecule has 0 bridgehead atoms. The summed E-state index contributed by atoms with van der Waals surface area (Å²) in [5, 5.41) is 20.4. The van der Waals surface area contributed by atoms with Gasteiger partial charge in [0.15, 0.2) is 0 Å². The van der Waals surface area contributed by atoms with Gasteiger partial charge in [0.05, 0.1) is 12.2 Å². The topological polar surface area (TPSA) is 40.5 Å². The molecule has 2 N–H and O–H groups in total. The van der Waals surface area contributed by atoms with Crippen LogP contribution in [0, 0.1) is 58.2 Å². The summed E-state index contributed by atoms with van der Waals surface area (Å²) in [5.74, 6) is 5.57. The van der Waals surface area contributed by atoms with Crippen LogP contribution in [-0.2, 0) is 0 Å². The van der Waals surface area contributed by atoms with E-state index in [0.717, 1.165) is 49.4 Å². The maximum absolute atomic E-state index is 10.2. The molecule has 2 heteroatoms. The van der Waals surface area contributed by atoms with E-state index in [1.54, 1.807) is 0 Å². The van der Waals surface area contributed by atoms with Gasteiger partial charge in [-0.25, -0.2) is 0 Å². The van der Waals surface area contributed by atoms with Gasteiger partial charge in [0.25, 0.3) is 0 Å². The molecule has 0 saturated heterocycles. The standard InChI is InChI=1S/C40H74O2/c1-29(17-13-19-31(3)21-23-37-33(5)25-35(41)27-39(37,7)8)15-11-12-16-30(2)18-14-20-32(4)22-24-38-34(6)26-36(42)28-40(38,9)10/h11-12,21,23,29-38,41-42H,13-20,22,24-28H2,1-10H3/b12-11+,23-21+/t29-,30-,31+,32-,33+,34+,35+,36+,37+,38+/m1/s1. The van der Waals surface area contributed by atoms with E-state index in [-0.39, 0.29) is 23.0 Å². The van der Waals surface area contributed by atoms with Crippen molar-refractivity contribution in [1.29, 1.82) is 0 Å². The van der Waals surface area contributed by atoms with Gasteiger partial charge in [-0.2, -0.15) is 0 Å². The van der Waals surface area contributed by atoms with E-state index < -0.39 is 0 Å². The number of hydrogen-bond acceptors (Lipinski definition) is 2. The molecule has 246 valence electrons. The number of rotatable bonds is 17. The highest BCUT2D eigenvalue weighted by molar-refractivity contribution is 5.03. The second kappa shape index (κ2) is 17.8. The second-order valence-corrected chi connectivity index (χ2v) is 17.3. The Morgan fingerprint density at radius 1 is 0.667 bits per heavy atom. The summed E-state index contributed by atoms with van der Waals surface area (Å²) in [6.45, 7) is 23.8. The van der Waals surface area contributed by atoms with Crippen LogP contribution in [-0.4, -0.2) is 22.4 Å². The van der Waals surface area contributed by atoms with Gasteiger partial charge in [0.2, 0.25) is 0 Å². The number of hydrogen-bond donors (Lipinski definition) is 2. The molecule has 0 aliphatic heterocycles. The molecule has 2 nitrogen and oxygen atoms in total. The Kier molecular flexibility index (Phi) is 15.9. The number of allylic oxidation sites excluding steroid dienone is 4. The van der Waals surface area contributed by atoms with Crippen LogP contribution < -0.4 is 0 Å². The molecule has 0 amide bonds. The molecule has 0 spiro atoms. The molecule has 42 heavy (non-hydrogen) atoms. The predicted octanol–water partition coefficient (Wildman–Crippen LogP) is 11.4. The Morgan fingerprint density at radius 2 is 1.17 bits per heavy atom. The van der Waals surface area contributed by atoms with E-state index in [9.17, 15) is 10.2 Å². The SMILES string of the molecule is C[C@H](CCC[C@H](C)C/C=C/C[C@@H](C)CCC[C@H](C)/C=C/[C@H]1[C@@H](C)C[C@H](O)CC1(C)C)CC[C@H]1[C@@H](C)C[C@H](O)CC1(C)C. The average Bonchev–Trinajstić information content (AvgIpc) is 2.84. The van der Waals surface area contributed by atoms with Gasteiger partial charge in [-0.3, -0.25) is 0 Å². The quantitative estimate of drug-likeness (QED) is 0.166. The molecule has 0 aromatic heterocycles. The summed E-state index contributed by atoms with van der Waals surface area (Å²) in [7, 11) is 0. The van der Waals surface area contributed by atoms with E-state index in [2.05, 4.69) is 93.5 Å². The molecule has 0 radical (unpaired) electrons. The predicted molar refractivity (Wildman–Crippen MR) is 184 cm³/mol. The minimum absolute atomic E-state index is 0.0926. The van der Waals surface area contributed by atoms with Gasteiger partial charge in [-0.15, -0.1) is 0 Å². The van der Waals surface area contributed by atoms with Crippen LogP contribution >= 0.6 is 0 Å². The largest absolute Gasteiger partial charge is 0.393 e. The summed E-state index contributed by atoms with van der Waals surface area (Å²) in [6.07, 6.45) is 26.6. The van der Waals surface area contributed by atoms with E-state index in [1.165, 1.54) is 64.2 Å². The zero-order valence-electron chi connectivity index (χ0n) is 29.9. The molecule has 2 rings (SSSR count). The highest BCUT2D eigenvalue weighted by Gasteiger charge is 2.40. The van der Waals surface area contributed by atoms with Crippen molar-refractivity contribution in [3.63, 3.8) is 0 Å². The van der Waals surface area contributed by atoms with Crippen molar-refractivity contribution in [1.82, 2.24) is 0 Å². The van der Waals surface area contributed by atoms with E-state index in [0.29, 0.717) is 23.7 Å². The van der Waals surface area contributed by atoms with E-state index in [1.807, 2.05) is 0 Å². The van der Waals surface area contributed by atoms with Gasteiger partial charge >= 0.3 is 0 Å². The summed E-state index contributed by atoms with van der Waals surface area (Å²) in [6, 6.07) is 0. The smallest absolute Gasteiger partial charge is 0.0548 e. The molecule has 0 unspecified atom stereocenters. The third kappa shape index (κ3) is 13.2. The first-order valence-electron chi connectivity index (χ1n) is 18.3. The molecule has 2 fully saturated rings. The summed E-state index contributed by atoms with van der Waals surface area (Å²) >= 11 is 0. The monoisotopic (exact) mass is 587 g/mol. The summed E-state index contributed by atoms with van der Waals surface area (Å²) < 4.78 is 0. The highest BCUT2D eigenvalue weighted by Crippen LogP contribution is 2.47. The molecule has 2 saturated carbocycles. The molecule has 2 aliphatic carbocycles. The van der Waals surface area contributed by atoms with Crippen LogP contribution in [0.5, 0.6) is 0 Å². The maximum Gasteiger partial charge on any atom is 0.0548 e. The zero-order chi connectivity index (χ0) is 31.5. The first-order valence-corrected chi connectivity index (χ1v) is 18.3. The second-order valence-electron chi connectivity index (χ2n) is 17.3. The fourth-order valence-electron chi connectivity index (χ4n) is 9.01. The summed E-state index contributed by atoms with van der Waals surface area (Å²) in [4.78, 5) is 0. The Hall–Kier alpha value is -0.600. The lowest BCUT2D eigenvalue weighted by Gasteiger charge is -2.45. The molecule has 10 atom stereocenters. The molecular formula is C40H74O2.